The summed E-state index contributed by atoms with van der Waals surface area (Å²) in [4.78, 5) is 0. The third kappa shape index (κ3) is 3.56. The predicted octanol–water partition coefficient (Wildman–Crippen LogP) is 3.97. The minimum atomic E-state index is -0.243. The van der Waals surface area contributed by atoms with Crippen molar-refractivity contribution in [1.82, 2.24) is 0 Å². The first-order valence-corrected chi connectivity index (χ1v) is 6.27. The Morgan fingerprint density at radius 1 is 1.24 bits per heavy atom. The molecule has 0 atom stereocenters. The maximum atomic E-state index is 5.84. The highest BCUT2D eigenvalue weighted by molar-refractivity contribution is 6.30. The van der Waals surface area contributed by atoms with E-state index < -0.39 is 0 Å². The van der Waals surface area contributed by atoms with Crippen LogP contribution in [-0.2, 0) is 9.47 Å². The number of hydrogen-bond acceptors (Lipinski definition) is 2. The van der Waals surface area contributed by atoms with E-state index in [1.54, 1.807) is 0 Å². The van der Waals surface area contributed by atoms with Crippen LogP contribution in [0.1, 0.15) is 24.7 Å². The van der Waals surface area contributed by atoms with Gasteiger partial charge in [0.25, 0.3) is 0 Å². The Morgan fingerprint density at radius 2 is 1.88 bits per heavy atom. The SMILES string of the molecule is C=CCCC1COC(c2ccc(Cl)cc2)OC1. The first-order valence-electron chi connectivity index (χ1n) is 5.89. The van der Waals surface area contributed by atoms with Crippen molar-refractivity contribution in [2.45, 2.75) is 19.1 Å². The summed E-state index contributed by atoms with van der Waals surface area (Å²) < 4.78 is 11.4. The molecule has 1 fully saturated rings. The summed E-state index contributed by atoms with van der Waals surface area (Å²) in [5.74, 6) is 0.483. The average molecular weight is 253 g/mol. The molecule has 1 aliphatic heterocycles. The van der Waals surface area contributed by atoms with Crippen LogP contribution in [0.4, 0.5) is 0 Å². The molecule has 0 spiro atoms. The Hall–Kier alpha value is -0.830. The Kier molecular flexibility index (Phi) is 4.60. The lowest BCUT2D eigenvalue weighted by Gasteiger charge is -2.29. The summed E-state index contributed by atoms with van der Waals surface area (Å²) in [6.07, 6.45) is 3.79. The van der Waals surface area contributed by atoms with E-state index in [1.165, 1.54) is 0 Å². The quantitative estimate of drug-likeness (QED) is 0.755. The third-order valence-electron chi connectivity index (χ3n) is 2.89. The Morgan fingerprint density at radius 3 is 2.47 bits per heavy atom. The Balaban J connectivity index is 1.86. The molecule has 0 unspecified atom stereocenters. The summed E-state index contributed by atoms with van der Waals surface area (Å²) in [5.41, 5.74) is 1.02. The van der Waals surface area contributed by atoms with Crippen LogP contribution in [-0.4, -0.2) is 13.2 Å². The van der Waals surface area contributed by atoms with E-state index in [-0.39, 0.29) is 6.29 Å². The average Bonchev–Trinajstić information content (AvgIpc) is 2.38. The molecule has 0 aliphatic carbocycles. The van der Waals surface area contributed by atoms with E-state index in [9.17, 15) is 0 Å². The van der Waals surface area contributed by atoms with Crippen LogP contribution in [0.2, 0.25) is 5.02 Å². The molecule has 1 saturated heterocycles. The zero-order valence-electron chi connectivity index (χ0n) is 9.77. The molecule has 0 aromatic heterocycles. The Bertz CT molecular complexity index is 353. The standard InChI is InChI=1S/C14H17ClO2/c1-2-3-4-11-9-16-14(17-10-11)12-5-7-13(15)8-6-12/h2,5-8,11,14H,1,3-4,9-10H2. The number of ether oxygens (including phenoxy) is 2. The summed E-state index contributed by atoms with van der Waals surface area (Å²) in [6, 6.07) is 7.59. The van der Waals surface area contributed by atoms with E-state index >= 15 is 0 Å². The highest BCUT2D eigenvalue weighted by Crippen LogP contribution is 2.27. The van der Waals surface area contributed by atoms with Crippen LogP contribution in [0.5, 0.6) is 0 Å². The molecule has 3 heteroatoms. The van der Waals surface area contributed by atoms with E-state index in [0.717, 1.165) is 36.6 Å². The van der Waals surface area contributed by atoms with E-state index in [2.05, 4.69) is 6.58 Å². The molecule has 1 heterocycles. The maximum absolute atomic E-state index is 5.84. The molecule has 1 aromatic rings. The van der Waals surface area contributed by atoms with Gasteiger partial charge < -0.3 is 9.47 Å². The van der Waals surface area contributed by atoms with Crippen LogP contribution in [0, 0.1) is 5.92 Å². The third-order valence-corrected chi connectivity index (χ3v) is 3.14. The summed E-state index contributed by atoms with van der Waals surface area (Å²) >= 11 is 5.84. The van der Waals surface area contributed by atoms with Crippen LogP contribution < -0.4 is 0 Å². The topological polar surface area (TPSA) is 18.5 Å². The summed E-state index contributed by atoms with van der Waals surface area (Å²) in [7, 11) is 0. The lowest BCUT2D eigenvalue weighted by Crippen LogP contribution is -2.26. The molecule has 1 aliphatic rings. The van der Waals surface area contributed by atoms with Crippen LogP contribution >= 0.6 is 11.6 Å². The first kappa shape index (κ1) is 12.6. The first-order chi connectivity index (χ1) is 8.29. The minimum absolute atomic E-state index is 0.243. The Labute approximate surface area is 107 Å². The molecule has 0 bridgehead atoms. The largest absolute Gasteiger partial charge is 0.348 e. The predicted molar refractivity (Wildman–Crippen MR) is 69.0 cm³/mol. The maximum Gasteiger partial charge on any atom is 0.183 e. The molecule has 0 radical (unpaired) electrons. The molecular formula is C14H17ClO2. The molecule has 2 nitrogen and oxygen atoms in total. The van der Waals surface area contributed by atoms with Gasteiger partial charge in [0, 0.05) is 16.5 Å². The molecule has 17 heavy (non-hydrogen) atoms. The molecule has 2 rings (SSSR count). The highest BCUT2D eigenvalue weighted by atomic mass is 35.5. The smallest absolute Gasteiger partial charge is 0.183 e. The van der Waals surface area contributed by atoms with Crippen molar-refractivity contribution in [2.75, 3.05) is 13.2 Å². The monoisotopic (exact) mass is 252 g/mol. The zero-order chi connectivity index (χ0) is 12.1. The number of hydrogen-bond donors (Lipinski definition) is 0. The van der Waals surface area contributed by atoms with Gasteiger partial charge in [-0.1, -0.05) is 29.8 Å². The van der Waals surface area contributed by atoms with E-state index in [0.29, 0.717) is 5.92 Å². The van der Waals surface area contributed by atoms with Gasteiger partial charge >= 0.3 is 0 Å². The minimum Gasteiger partial charge on any atom is -0.348 e. The lowest BCUT2D eigenvalue weighted by atomic mass is 10.0. The van der Waals surface area contributed by atoms with Crippen molar-refractivity contribution < 1.29 is 9.47 Å². The molecule has 0 saturated carbocycles. The highest BCUT2D eigenvalue weighted by Gasteiger charge is 2.22. The fourth-order valence-corrected chi connectivity index (χ4v) is 2.00. The summed E-state index contributed by atoms with van der Waals surface area (Å²) in [5, 5.41) is 0.730. The van der Waals surface area contributed by atoms with Gasteiger partial charge in [-0.3, -0.25) is 0 Å². The zero-order valence-corrected chi connectivity index (χ0v) is 10.5. The fraction of sp³-hybridized carbons (Fsp3) is 0.429. The second-order valence-electron chi connectivity index (χ2n) is 4.28. The number of benzene rings is 1. The van der Waals surface area contributed by atoms with Crippen molar-refractivity contribution >= 4 is 11.6 Å². The van der Waals surface area contributed by atoms with Gasteiger partial charge in [-0.25, -0.2) is 0 Å². The molecule has 0 amide bonds. The van der Waals surface area contributed by atoms with Gasteiger partial charge in [-0.15, -0.1) is 6.58 Å². The molecule has 92 valence electrons. The van der Waals surface area contributed by atoms with Gasteiger partial charge in [-0.2, -0.15) is 0 Å². The lowest BCUT2D eigenvalue weighted by molar-refractivity contribution is -0.205. The molecule has 0 N–H and O–H groups in total. The van der Waals surface area contributed by atoms with Crippen LogP contribution in [0.25, 0.3) is 0 Å². The van der Waals surface area contributed by atoms with Gasteiger partial charge in [-0.05, 0) is 25.0 Å². The van der Waals surface area contributed by atoms with Crippen molar-refractivity contribution in [3.8, 4) is 0 Å². The van der Waals surface area contributed by atoms with Crippen LogP contribution in [0.15, 0.2) is 36.9 Å². The number of halogens is 1. The summed E-state index contributed by atoms with van der Waals surface area (Å²) in [6.45, 7) is 5.22. The van der Waals surface area contributed by atoms with Gasteiger partial charge in [0.1, 0.15) is 0 Å². The van der Waals surface area contributed by atoms with E-state index in [1.807, 2.05) is 30.3 Å². The fourth-order valence-electron chi connectivity index (χ4n) is 1.88. The van der Waals surface area contributed by atoms with Gasteiger partial charge in [0.2, 0.25) is 0 Å². The molecular weight excluding hydrogens is 236 g/mol. The van der Waals surface area contributed by atoms with Crippen molar-refractivity contribution in [1.29, 1.82) is 0 Å². The van der Waals surface area contributed by atoms with Crippen molar-refractivity contribution in [3.63, 3.8) is 0 Å². The van der Waals surface area contributed by atoms with Gasteiger partial charge in [0.05, 0.1) is 13.2 Å². The second kappa shape index (κ2) is 6.20. The molecule has 1 aromatic carbocycles. The number of allylic oxidation sites excluding steroid dienone is 1. The van der Waals surface area contributed by atoms with Crippen molar-refractivity contribution in [2.24, 2.45) is 5.92 Å². The normalized spacial score (nSPS) is 24.5. The van der Waals surface area contributed by atoms with Crippen molar-refractivity contribution in [3.05, 3.63) is 47.5 Å². The van der Waals surface area contributed by atoms with Crippen LogP contribution in [0.3, 0.4) is 0 Å². The van der Waals surface area contributed by atoms with E-state index in [4.69, 9.17) is 21.1 Å². The number of rotatable bonds is 4. The van der Waals surface area contributed by atoms with Gasteiger partial charge in [0.15, 0.2) is 6.29 Å². The second-order valence-corrected chi connectivity index (χ2v) is 4.72.